The van der Waals surface area contributed by atoms with E-state index in [0.29, 0.717) is 6.04 Å². The SMILES string of the molecule is CCCCCCc1ccc(O)cc1O.CCN(CC)C(C)CN1c2ccccc2Sc2ccccc21.Cl. The Hall–Kier alpha value is -2.34. The van der Waals surface area contributed by atoms with Crippen molar-refractivity contribution in [1.82, 2.24) is 4.90 Å². The highest BCUT2D eigenvalue weighted by molar-refractivity contribution is 7.99. The lowest BCUT2D eigenvalue weighted by atomic mass is 10.1. The van der Waals surface area contributed by atoms with Gasteiger partial charge < -0.3 is 15.1 Å². The largest absolute Gasteiger partial charge is 0.508 e. The van der Waals surface area contributed by atoms with Crippen LogP contribution in [0.25, 0.3) is 0 Å². The molecule has 1 heterocycles. The first-order chi connectivity index (χ1) is 17.5. The van der Waals surface area contributed by atoms with E-state index >= 15 is 0 Å². The van der Waals surface area contributed by atoms with Crippen LogP contribution in [-0.4, -0.2) is 40.8 Å². The lowest BCUT2D eigenvalue weighted by Crippen LogP contribution is -2.41. The number of para-hydroxylation sites is 2. The summed E-state index contributed by atoms with van der Waals surface area (Å²) in [6, 6.07) is 22.8. The van der Waals surface area contributed by atoms with Gasteiger partial charge >= 0.3 is 0 Å². The van der Waals surface area contributed by atoms with Crippen LogP contribution in [0, 0.1) is 0 Å². The zero-order valence-corrected chi connectivity index (χ0v) is 24.3. The zero-order valence-electron chi connectivity index (χ0n) is 22.7. The standard InChI is InChI=1S/C19H24N2S.C12H18O2.ClH/c1-4-20(5-2)15(3)14-21-16-10-6-8-12-18(16)22-19-13-9-7-11-17(19)21;1-2-3-4-5-6-10-7-8-11(13)9-12(10)14;/h6-13,15H,4-5,14H2,1-3H3;7-9,13-14H,2-6H2,1H3;1H. The van der Waals surface area contributed by atoms with Gasteiger partial charge in [0.2, 0.25) is 0 Å². The van der Waals surface area contributed by atoms with Crippen LogP contribution in [0.5, 0.6) is 11.5 Å². The molecule has 0 radical (unpaired) electrons. The fourth-order valence-corrected chi connectivity index (χ4v) is 5.81. The molecular formula is C31H43ClN2O2S. The molecule has 0 aliphatic carbocycles. The summed E-state index contributed by atoms with van der Waals surface area (Å²) in [5.41, 5.74) is 3.61. The van der Waals surface area contributed by atoms with Crippen molar-refractivity contribution in [2.75, 3.05) is 24.5 Å². The number of halogens is 1. The number of likely N-dealkylation sites (N-methyl/N-ethyl adjacent to an activating group) is 1. The lowest BCUT2D eigenvalue weighted by molar-refractivity contribution is 0.236. The van der Waals surface area contributed by atoms with Gasteiger partial charge in [0.05, 0.1) is 11.4 Å². The van der Waals surface area contributed by atoms with E-state index in [1.807, 2.05) is 11.8 Å². The van der Waals surface area contributed by atoms with E-state index in [1.165, 1.54) is 46.5 Å². The first-order valence-electron chi connectivity index (χ1n) is 13.4. The molecule has 202 valence electrons. The molecule has 37 heavy (non-hydrogen) atoms. The Kier molecular flexibility index (Phi) is 13.2. The molecule has 1 aliphatic rings. The predicted molar refractivity (Wildman–Crippen MR) is 161 cm³/mol. The molecule has 0 saturated carbocycles. The van der Waals surface area contributed by atoms with Crippen molar-refractivity contribution in [3.05, 3.63) is 72.3 Å². The van der Waals surface area contributed by atoms with Gasteiger partial charge in [-0.3, -0.25) is 4.90 Å². The smallest absolute Gasteiger partial charge is 0.122 e. The number of phenolic OH excluding ortho intramolecular Hbond substituents is 2. The summed E-state index contributed by atoms with van der Waals surface area (Å²) in [5, 5.41) is 18.6. The number of aryl methyl sites for hydroxylation is 1. The van der Waals surface area contributed by atoms with Gasteiger partial charge in [-0.25, -0.2) is 0 Å². The summed E-state index contributed by atoms with van der Waals surface area (Å²) in [4.78, 5) is 7.72. The third-order valence-corrected chi connectivity index (χ3v) is 7.91. The number of phenols is 2. The van der Waals surface area contributed by atoms with Gasteiger partial charge in [0, 0.05) is 28.4 Å². The molecule has 2 N–H and O–H groups in total. The normalized spacial score (nSPS) is 12.6. The minimum absolute atomic E-state index is 0. The highest BCUT2D eigenvalue weighted by Gasteiger charge is 2.25. The molecule has 3 aromatic rings. The van der Waals surface area contributed by atoms with Gasteiger partial charge in [0.25, 0.3) is 0 Å². The first-order valence-corrected chi connectivity index (χ1v) is 14.2. The van der Waals surface area contributed by atoms with Crippen LogP contribution in [0.1, 0.15) is 58.9 Å². The van der Waals surface area contributed by atoms with Crippen molar-refractivity contribution in [3.63, 3.8) is 0 Å². The fourth-order valence-electron chi connectivity index (χ4n) is 4.71. The van der Waals surface area contributed by atoms with Crippen molar-refractivity contribution < 1.29 is 10.2 Å². The summed E-state index contributed by atoms with van der Waals surface area (Å²) in [7, 11) is 0. The number of hydrogen-bond acceptors (Lipinski definition) is 5. The van der Waals surface area contributed by atoms with Gasteiger partial charge in [0.15, 0.2) is 0 Å². The zero-order chi connectivity index (χ0) is 25.9. The molecule has 0 saturated heterocycles. The average Bonchev–Trinajstić information content (AvgIpc) is 2.88. The maximum absolute atomic E-state index is 9.49. The molecule has 0 bridgehead atoms. The number of fused-ring (bicyclic) bond motifs is 2. The van der Waals surface area contributed by atoms with E-state index in [0.717, 1.165) is 38.0 Å². The number of unbranched alkanes of at least 4 members (excludes halogenated alkanes) is 3. The second-order valence-electron chi connectivity index (χ2n) is 9.34. The second-order valence-corrected chi connectivity index (χ2v) is 10.4. The van der Waals surface area contributed by atoms with Crippen molar-refractivity contribution >= 4 is 35.5 Å². The molecule has 0 spiro atoms. The minimum Gasteiger partial charge on any atom is -0.508 e. The van der Waals surface area contributed by atoms with Crippen LogP contribution in [0.3, 0.4) is 0 Å². The topological polar surface area (TPSA) is 46.9 Å². The minimum atomic E-state index is 0. The molecule has 6 heteroatoms. The van der Waals surface area contributed by atoms with Gasteiger partial charge in [-0.15, -0.1) is 12.4 Å². The fraction of sp³-hybridized carbons (Fsp3) is 0.419. The lowest BCUT2D eigenvalue weighted by Gasteiger charge is -2.37. The molecular weight excluding hydrogens is 500 g/mol. The number of aromatic hydroxyl groups is 2. The maximum atomic E-state index is 9.49. The molecule has 1 atom stereocenters. The molecule has 4 nitrogen and oxygen atoms in total. The summed E-state index contributed by atoms with van der Waals surface area (Å²) in [6.07, 6.45) is 5.68. The van der Waals surface area contributed by atoms with Crippen molar-refractivity contribution in [2.45, 2.75) is 75.6 Å². The molecule has 0 amide bonds. The Labute approximate surface area is 234 Å². The third-order valence-electron chi connectivity index (χ3n) is 6.78. The average molecular weight is 543 g/mol. The van der Waals surface area contributed by atoms with Crippen LogP contribution in [0.4, 0.5) is 11.4 Å². The van der Waals surface area contributed by atoms with E-state index in [1.54, 1.807) is 12.1 Å². The highest BCUT2D eigenvalue weighted by atomic mass is 35.5. The van der Waals surface area contributed by atoms with Gasteiger partial charge in [-0.05, 0) is 68.8 Å². The van der Waals surface area contributed by atoms with Crippen LogP contribution in [0.15, 0.2) is 76.5 Å². The maximum Gasteiger partial charge on any atom is 0.122 e. The highest BCUT2D eigenvalue weighted by Crippen LogP contribution is 2.47. The van der Waals surface area contributed by atoms with E-state index in [2.05, 4.69) is 86.0 Å². The second kappa shape index (κ2) is 15.8. The van der Waals surface area contributed by atoms with Crippen LogP contribution in [0.2, 0.25) is 0 Å². The van der Waals surface area contributed by atoms with E-state index < -0.39 is 0 Å². The number of hydrogen-bond donors (Lipinski definition) is 2. The molecule has 4 rings (SSSR count). The Morgan fingerprint density at radius 1 is 0.811 bits per heavy atom. The number of benzene rings is 3. The molecule has 1 aliphatic heterocycles. The molecule has 3 aromatic carbocycles. The summed E-state index contributed by atoms with van der Waals surface area (Å²) < 4.78 is 0. The van der Waals surface area contributed by atoms with Crippen LogP contribution >= 0.6 is 24.2 Å². The number of anilines is 2. The summed E-state index contributed by atoms with van der Waals surface area (Å²) in [6.45, 7) is 12.2. The summed E-state index contributed by atoms with van der Waals surface area (Å²) in [5.74, 6) is 0.335. The summed E-state index contributed by atoms with van der Waals surface area (Å²) >= 11 is 1.88. The number of nitrogens with zero attached hydrogens (tertiary/aromatic N) is 2. The van der Waals surface area contributed by atoms with Gasteiger partial charge in [0.1, 0.15) is 11.5 Å². The van der Waals surface area contributed by atoms with Crippen molar-refractivity contribution in [3.8, 4) is 11.5 Å². The van der Waals surface area contributed by atoms with Crippen molar-refractivity contribution in [1.29, 1.82) is 0 Å². The Bertz CT molecular complexity index is 1040. The van der Waals surface area contributed by atoms with Crippen molar-refractivity contribution in [2.24, 2.45) is 0 Å². The van der Waals surface area contributed by atoms with Crippen LogP contribution in [-0.2, 0) is 6.42 Å². The number of rotatable bonds is 10. The van der Waals surface area contributed by atoms with Gasteiger partial charge in [-0.2, -0.15) is 0 Å². The molecule has 1 unspecified atom stereocenters. The predicted octanol–water partition coefficient (Wildman–Crippen LogP) is 8.66. The quantitative estimate of drug-likeness (QED) is 0.251. The first kappa shape index (κ1) is 30.9. The molecule has 0 aromatic heterocycles. The Balaban J connectivity index is 0.000000280. The Morgan fingerprint density at radius 3 is 1.95 bits per heavy atom. The van der Waals surface area contributed by atoms with E-state index in [9.17, 15) is 5.11 Å². The molecule has 0 fully saturated rings. The van der Waals surface area contributed by atoms with Crippen LogP contribution < -0.4 is 4.90 Å². The van der Waals surface area contributed by atoms with E-state index in [-0.39, 0.29) is 23.9 Å². The van der Waals surface area contributed by atoms with E-state index in [4.69, 9.17) is 5.11 Å². The Morgan fingerprint density at radius 2 is 1.41 bits per heavy atom. The van der Waals surface area contributed by atoms with Gasteiger partial charge in [-0.1, -0.05) is 82.1 Å². The monoisotopic (exact) mass is 542 g/mol. The third kappa shape index (κ3) is 8.59.